The van der Waals surface area contributed by atoms with Gasteiger partial charge in [-0.2, -0.15) is 8.78 Å². The Morgan fingerprint density at radius 3 is 2.44 bits per heavy atom. The summed E-state index contributed by atoms with van der Waals surface area (Å²) in [6, 6.07) is 10.4. The molecule has 4 rings (SSSR count). The highest BCUT2D eigenvalue weighted by atomic mass is 19.3. The molecule has 0 aliphatic rings. The largest absolute Gasteiger partial charge is 0.434 e. The lowest BCUT2D eigenvalue weighted by Gasteiger charge is -2.19. The third kappa shape index (κ3) is 4.43. The molecule has 0 spiro atoms. The molecule has 4 aromatic rings. The number of ether oxygens (including phenoxy) is 1. The highest BCUT2D eigenvalue weighted by Crippen LogP contribution is 2.27. The van der Waals surface area contributed by atoms with Gasteiger partial charge in [0.25, 0.3) is 5.56 Å². The topological polar surface area (TPSA) is 82.2 Å². The number of aliphatic hydroxyl groups is 1. The van der Waals surface area contributed by atoms with Crippen LogP contribution in [0.4, 0.5) is 8.78 Å². The number of hydrogen-bond acceptors (Lipinski definition) is 5. The molecule has 0 saturated heterocycles. The van der Waals surface area contributed by atoms with Gasteiger partial charge < -0.3 is 9.84 Å². The summed E-state index contributed by atoms with van der Waals surface area (Å²) in [6.45, 7) is 2.72. The number of rotatable bonds is 7. The molecule has 7 nitrogen and oxygen atoms in total. The van der Waals surface area contributed by atoms with E-state index in [1.807, 2.05) is 32.9 Å². The first-order chi connectivity index (χ1) is 16.1. The molecule has 0 amide bonds. The van der Waals surface area contributed by atoms with Crippen molar-refractivity contribution in [3.8, 4) is 16.9 Å². The van der Waals surface area contributed by atoms with Crippen molar-refractivity contribution in [1.82, 2.24) is 19.3 Å². The van der Waals surface area contributed by atoms with E-state index >= 15 is 0 Å². The van der Waals surface area contributed by atoms with Crippen LogP contribution >= 0.6 is 0 Å². The Morgan fingerprint density at radius 1 is 1.09 bits per heavy atom. The Balaban J connectivity index is 1.78. The van der Waals surface area contributed by atoms with E-state index in [9.17, 15) is 18.7 Å². The second-order valence-corrected chi connectivity index (χ2v) is 8.95. The molecule has 178 valence electrons. The van der Waals surface area contributed by atoms with Crippen molar-refractivity contribution in [2.75, 3.05) is 6.61 Å². The molecule has 34 heavy (non-hydrogen) atoms. The number of halogens is 2. The van der Waals surface area contributed by atoms with Gasteiger partial charge in [-0.15, -0.1) is 0 Å². The lowest BCUT2D eigenvalue weighted by atomic mass is 9.93. The molecule has 0 saturated carbocycles. The summed E-state index contributed by atoms with van der Waals surface area (Å²) in [6.07, 6.45) is 3.36. The third-order valence-electron chi connectivity index (χ3n) is 5.90. The minimum atomic E-state index is -2.95. The van der Waals surface area contributed by atoms with E-state index in [-0.39, 0.29) is 24.5 Å². The normalized spacial score (nSPS) is 12.0. The SMILES string of the molecule is Cc1ccc(OC(F)F)c(Cn2c3cc(-c4cnc(C(C)(C)CO)nc4)ccc3c(=O)n2C)c1. The van der Waals surface area contributed by atoms with Crippen molar-refractivity contribution in [2.45, 2.75) is 39.3 Å². The standard InChI is InChI=1S/C25H26F2N4O3/c1-15-5-8-21(34-24(26)27)17(9-15)13-31-20-10-16(6-7-19(20)22(33)30(31)4)18-11-28-23(29-12-18)25(2,3)14-32/h5-12,24,32H,13-14H2,1-4H3. The van der Waals surface area contributed by atoms with E-state index in [2.05, 4.69) is 9.97 Å². The molecular formula is C25H26F2N4O3. The third-order valence-corrected chi connectivity index (χ3v) is 5.90. The van der Waals surface area contributed by atoms with Crippen LogP contribution in [-0.2, 0) is 19.0 Å². The Labute approximate surface area is 195 Å². The summed E-state index contributed by atoms with van der Waals surface area (Å²) in [5, 5.41) is 10.1. The first kappa shape index (κ1) is 23.6. The van der Waals surface area contributed by atoms with Gasteiger partial charge >= 0.3 is 6.61 Å². The van der Waals surface area contributed by atoms with Gasteiger partial charge in [0.15, 0.2) is 0 Å². The molecule has 0 radical (unpaired) electrons. The van der Waals surface area contributed by atoms with E-state index in [0.717, 1.165) is 16.7 Å². The van der Waals surface area contributed by atoms with Gasteiger partial charge in [0.1, 0.15) is 11.6 Å². The highest BCUT2D eigenvalue weighted by molar-refractivity contribution is 5.84. The van der Waals surface area contributed by atoms with Gasteiger partial charge in [-0.3, -0.25) is 14.2 Å². The zero-order chi connectivity index (χ0) is 24.6. The van der Waals surface area contributed by atoms with Crippen LogP contribution in [0.1, 0.15) is 30.8 Å². The maximum atomic E-state index is 12.9. The number of fused-ring (bicyclic) bond motifs is 1. The van der Waals surface area contributed by atoms with Gasteiger partial charge in [0.05, 0.1) is 24.1 Å². The van der Waals surface area contributed by atoms with Crippen LogP contribution in [0.5, 0.6) is 5.75 Å². The summed E-state index contributed by atoms with van der Waals surface area (Å²) in [5.74, 6) is 0.601. The van der Waals surface area contributed by atoms with Crippen LogP contribution in [0.15, 0.2) is 53.6 Å². The van der Waals surface area contributed by atoms with Crippen molar-refractivity contribution in [2.24, 2.45) is 7.05 Å². The summed E-state index contributed by atoms with van der Waals surface area (Å²) in [5.41, 5.74) is 2.87. The van der Waals surface area contributed by atoms with Gasteiger partial charge in [0, 0.05) is 36.0 Å². The fraction of sp³-hybridized carbons (Fsp3) is 0.320. The number of aliphatic hydroxyl groups excluding tert-OH is 1. The monoisotopic (exact) mass is 468 g/mol. The number of benzene rings is 2. The molecule has 9 heteroatoms. The molecule has 2 aromatic heterocycles. The number of alkyl halides is 2. The summed E-state index contributed by atoms with van der Waals surface area (Å²) in [4.78, 5) is 21.7. The number of aryl methyl sites for hydroxylation is 1. The van der Waals surface area contributed by atoms with Crippen LogP contribution in [0, 0.1) is 6.92 Å². The smallest absolute Gasteiger partial charge is 0.387 e. The minimum absolute atomic E-state index is 0.0709. The predicted octanol–water partition coefficient (Wildman–Crippen LogP) is 4.03. The number of hydrogen-bond donors (Lipinski definition) is 1. The van der Waals surface area contributed by atoms with Crippen molar-refractivity contribution in [3.05, 3.63) is 76.1 Å². The Bertz CT molecular complexity index is 1390. The molecule has 0 unspecified atom stereocenters. The second kappa shape index (κ2) is 8.98. The van der Waals surface area contributed by atoms with Gasteiger partial charge in [-0.05, 0) is 30.7 Å². The lowest BCUT2D eigenvalue weighted by molar-refractivity contribution is -0.0505. The lowest BCUT2D eigenvalue weighted by Crippen LogP contribution is -2.25. The summed E-state index contributed by atoms with van der Waals surface area (Å²) in [7, 11) is 1.64. The molecule has 0 aliphatic carbocycles. The predicted molar refractivity (Wildman–Crippen MR) is 125 cm³/mol. The van der Waals surface area contributed by atoms with Gasteiger partial charge in [0.2, 0.25) is 0 Å². The van der Waals surface area contributed by atoms with Crippen LogP contribution in [-0.4, -0.2) is 37.7 Å². The van der Waals surface area contributed by atoms with E-state index in [1.54, 1.807) is 42.3 Å². The van der Waals surface area contributed by atoms with Crippen molar-refractivity contribution < 1.29 is 18.6 Å². The fourth-order valence-corrected chi connectivity index (χ4v) is 3.84. The molecule has 0 bridgehead atoms. The van der Waals surface area contributed by atoms with E-state index in [1.165, 1.54) is 10.7 Å². The minimum Gasteiger partial charge on any atom is -0.434 e. The second-order valence-electron chi connectivity index (χ2n) is 8.95. The van der Waals surface area contributed by atoms with E-state index < -0.39 is 12.0 Å². The van der Waals surface area contributed by atoms with Crippen LogP contribution in [0.25, 0.3) is 22.0 Å². The first-order valence-corrected chi connectivity index (χ1v) is 10.8. The maximum absolute atomic E-state index is 12.9. The first-order valence-electron chi connectivity index (χ1n) is 10.8. The van der Waals surface area contributed by atoms with E-state index in [0.29, 0.717) is 22.3 Å². The Kier molecular flexibility index (Phi) is 6.22. The summed E-state index contributed by atoms with van der Waals surface area (Å²) < 4.78 is 33.8. The molecule has 0 atom stereocenters. The van der Waals surface area contributed by atoms with Crippen molar-refractivity contribution in [3.63, 3.8) is 0 Å². The van der Waals surface area contributed by atoms with Gasteiger partial charge in [-0.25, -0.2) is 9.97 Å². The number of nitrogens with zero attached hydrogens (tertiary/aromatic N) is 4. The highest BCUT2D eigenvalue weighted by Gasteiger charge is 2.23. The molecule has 0 aliphatic heterocycles. The maximum Gasteiger partial charge on any atom is 0.387 e. The van der Waals surface area contributed by atoms with E-state index in [4.69, 9.17) is 4.74 Å². The quantitative estimate of drug-likeness (QED) is 0.443. The molecule has 0 fully saturated rings. The zero-order valence-electron chi connectivity index (χ0n) is 19.4. The molecule has 1 N–H and O–H groups in total. The number of aromatic nitrogens is 4. The van der Waals surface area contributed by atoms with Gasteiger partial charge in [-0.1, -0.05) is 37.6 Å². The van der Waals surface area contributed by atoms with Crippen molar-refractivity contribution in [1.29, 1.82) is 0 Å². The molecule has 2 aromatic carbocycles. The molecular weight excluding hydrogens is 442 g/mol. The summed E-state index contributed by atoms with van der Waals surface area (Å²) >= 11 is 0. The van der Waals surface area contributed by atoms with Crippen molar-refractivity contribution >= 4 is 10.9 Å². The molecule has 2 heterocycles. The zero-order valence-corrected chi connectivity index (χ0v) is 19.4. The Morgan fingerprint density at radius 2 is 1.79 bits per heavy atom. The average Bonchev–Trinajstić information content (AvgIpc) is 3.05. The van der Waals surface area contributed by atoms with Crippen LogP contribution in [0.3, 0.4) is 0 Å². The average molecular weight is 469 g/mol. The Hall–Kier alpha value is -3.59. The van der Waals surface area contributed by atoms with Crippen LogP contribution < -0.4 is 10.3 Å². The van der Waals surface area contributed by atoms with Crippen LogP contribution in [0.2, 0.25) is 0 Å². The fourth-order valence-electron chi connectivity index (χ4n) is 3.84.